The molecular formula is C24H28F3N3O3S3. The van der Waals surface area contributed by atoms with Gasteiger partial charge in [-0.05, 0) is 48.1 Å². The zero-order valence-corrected chi connectivity index (χ0v) is 22.4. The summed E-state index contributed by atoms with van der Waals surface area (Å²) in [5.74, 6) is 0.557. The number of nitrogens with zero attached hydrogens (tertiary/aromatic N) is 2. The molecule has 1 atom stereocenters. The minimum Gasteiger partial charge on any atom is -0.465 e. The standard InChI is InChI=1S/C24H28F3N3O3S3/c1-3-5-6-16(4-2)15-32-20(31)12-14-34-19-11-13-35-21(19)22-29-30-23(36-22)28-17-7-9-18(10-8-17)33-24(25,26)27/h7-11,13,16H,3-6,12,14-15H2,1-2H3,(H,28,30). The maximum Gasteiger partial charge on any atom is 0.573 e. The smallest absolute Gasteiger partial charge is 0.465 e. The second kappa shape index (κ2) is 13.8. The summed E-state index contributed by atoms with van der Waals surface area (Å²) in [6.07, 6.45) is -0.00310. The van der Waals surface area contributed by atoms with Crippen LogP contribution in [0.5, 0.6) is 5.75 Å². The summed E-state index contributed by atoms with van der Waals surface area (Å²) in [6, 6.07) is 7.39. The summed E-state index contributed by atoms with van der Waals surface area (Å²) in [7, 11) is 0. The number of benzene rings is 1. The lowest BCUT2D eigenvalue weighted by molar-refractivity contribution is -0.274. The van der Waals surface area contributed by atoms with Crippen LogP contribution in [0.25, 0.3) is 9.88 Å². The lowest BCUT2D eigenvalue weighted by atomic mass is 10.0. The number of carbonyl (C=O) groups is 1. The van der Waals surface area contributed by atoms with E-state index in [0.717, 1.165) is 40.5 Å². The van der Waals surface area contributed by atoms with Gasteiger partial charge in [0, 0.05) is 16.3 Å². The van der Waals surface area contributed by atoms with Crippen molar-refractivity contribution in [2.75, 3.05) is 17.7 Å². The number of anilines is 2. The molecule has 12 heteroatoms. The third kappa shape index (κ3) is 9.29. The lowest BCUT2D eigenvalue weighted by Gasteiger charge is -2.14. The first kappa shape index (κ1) is 28.3. The molecule has 36 heavy (non-hydrogen) atoms. The topological polar surface area (TPSA) is 73.3 Å². The molecule has 0 fully saturated rings. The van der Waals surface area contributed by atoms with Crippen molar-refractivity contribution >= 4 is 51.2 Å². The first-order valence-electron chi connectivity index (χ1n) is 11.6. The van der Waals surface area contributed by atoms with Gasteiger partial charge in [0.25, 0.3) is 0 Å². The van der Waals surface area contributed by atoms with Crippen molar-refractivity contribution < 1.29 is 27.4 Å². The minimum absolute atomic E-state index is 0.178. The number of rotatable bonds is 14. The number of unbranched alkanes of at least 4 members (excludes halogenated alkanes) is 1. The van der Waals surface area contributed by atoms with Crippen molar-refractivity contribution in [3.8, 4) is 15.6 Å². The minimum atomic E-state index is -4.73. The van der Waals surface area contributed by atoms with Crippen molar-refractivity contribution in [2.45, 2.75) is 57.2 Å². The number of hydrogen-bond donors (Lipinski definition) is 1. The normalized spacial score (nSPS) is 12.4. The molecule has 2 aromatic heterocycles. The number of thiophene rings is 1. The third-order valence-corrected chi connectivity index (χ3v) is 8.27. The molecule has 0 aliphatic carbocycles. The van der Waals surface area contributed by atoms with E-state index in [9.17, 15) is 18.0 Å². The van der Waals surface area contributed by atoms with Gasteiger partial charge in [0.1, 0.15) is 5.75 Å². The van der Waals surface area contributed by atoms with Gasteiger partial charge in [-0.1, -0.05) is 44.4 Å². The van der Waals surface area contributed by atoms with Gasteiger partial charge in [0.05, 0.1) is 17.9 Å². The average molecular weight is 560 g/mol. The SMILES string of the molecule is CCCCC(CC)COC(=O)CCSc1ccsc1-c1nnc(Nc2ccc(OC(F)(F)F)cc2)s1. The van der Waals surface area contributed by atoms with Gasteiger partial charge in [0.15, 0.2) is 5.01 Å². The lowest BCUT2D eigenvalue weighted by Crippen LogP contribution is -2.16. The van der Waals surface area contributed by atoms with Gasteiger partial charge in [0.2, 0.25) is 5.13 Å². The Morgan fingerprint density at radius 3 is 2.64 bits per heavy atom. The van der Waals surface area contributed by atoms with E-state index in [1.165, 1.54) is 46.9 Å². The molecule has 6 nitrogen and oxygen atoms in total. The van der Waals surface area contributed by atoms with Crippen molar-refractivity contribution in [1.82, 2.24) is 10.2 Å². The summed E-state index contributed by atoms with van der Waals surface area (Å²) < 4.78 is 46.3. The molecule has 0 saturated heterocycles. The van der Waals surface area contributed by atoms with Gasteiger partial charge in [-0.2, -0.15) is 0 Å². The Bertz CT molecular complexity index is 1090. The average Bonchev–Trinajstić information content (AvgIpc) is 3.49. The third-order valence-electron chi connectivity index (χ3n) is 5.17. The monoisotopic (exact) mass is 559 g/mol. The van der Waals surface area contributed by atoms with Crippen LogP contribution in [-0.4, -0.2) is 34.9 Å². The molecule has 0 aliphatic rings. The molecule has 0 spiro atoms. The fourth-order valence-electron chi connectivity index (χ4n) is 3.22. The van der Waals surface area contributed by atoms with E-state index >= 15 is 0 Å². The van der Waals surface area contributed by atoms with Gasteiger partial charge < -0.3 is 14.8 Å². The van der Waals surface area contributed by atoms with E-state index in [-0.39, 0.29) is 11.7 Å². The summed E-state index contributed by atoms with van der Waals surface area (Å²) in [5.41, 5.74) is 0.562. The Balaban J connectivity index is 1.49. The molecule has 1 N–H and O–H groups in total. The molecule has 0 radical (unpaired) electrons. The van der Waals surface area contributed by atoms with Crippen molar-refractivity contribution in [3.63, 3.8) is 0 Å². The first-order chi connectivity index (χ1) is 17.3. The molecule has 3 aromatic rings. The van der Waals surface area contributed by atoms with E-state index in [1.54, 1.807) is 11.8 Å². The highest BCUT2D eigenvalue weighted by molar-refractivity contribution is 7.99. The van der Waals surface area contributed by atoms with Gasteiger partial charge in [-0.3, -0.25) is 4.79 Å². The Hall–Kier alpha value is -2.31. The molecule has 2 heterocycles. The zero-order chi connectivity index (χ0) is 26.0. The van der Waals surface area contributed by atoms with Crippen LogP contribution in [0.1, 0.15) is 46.0 Å². The summed E-state index contributed by atoms with van der Waals surface area (Å²) >= 11 is 4.44. The largest absolute Gasteiger partial charge is 0.573 e. The fraction of sp³-hybridized carbons (Fsp3) is 0.458. The van der Waals surface area contributed by atoms with Crippen molar-refractivity contribution in [3.05, 3.63) is 35.7 Å². The number of ether oxygens (including phenoxy) is 2. The van der Waals surface area contributed by atoms with Gasteiger partial charge >= 0.3 is 12.3 Å². The second-order valence-corrected chi connectivity index (χ2v) is 11.0. The van der Waals surface area contributed by atoms with Crippen molar-refractivity contribution in [1.29, 1.82) is 0 Å². The highest BCUT2D eigenvalue weighted by Crippen LogP contribution is 2.39. The van der Waals surface area contributed by atoms with Gasteiger partial charge in [-0.15, -0.1) is 46.5 Å². The van der Waals surface area contributed by atoms with Crippen LogP contribution in [0.15, 0.2) is 40.6 Å². The molecule has 0 amide bonds. The molecular weight excluding hydrogens is 531 g/mol. The molecule has 0 bridgehead atoms. The fourth-order valence-corrected chi connectivity index (χ4v) is 6.23. The van der Waals surface area contributed by atoms with Crippen LogP contribution >= 0.6 is 34.4 Å². The molecule has 196 valence electrons. The van der Waals surface area contributed by atoms with Crippen LogP contribution in [-0.2, 0) is 9.53 Å². The van der Waals surface area contributed by atoms with Crippen LogP contribution in [0.2, 0.25) is 0 Å². The van der Waals surface area contributed by atoms with Crippen molar-refractivity contribution in [2.24, 2.45) is 5.92 Å². The molecule has 1 unspecified atom stereocenters. The number of esters is 1. The predicted octanol–water partition coefficient (Wildman–Crippen LogP) is 8.15. The quantitative estimate of drug-likeness (QED) is 0.158. The number of nitrogens with one attached hydrogen (secondary N) is 1. The summed E-state index contributed by atoms with van der Waals surface area (Å²) in [4.78, 5) is 14.1. The molecule has 0 aliphatic heterocycles. The highest BCUT2D eigenvalue weighted by Gasteiger charge is 2.31. The van der Waals surface area contributed by atoms with Crippen LogP contribution < -0.4 is 10.1 Å². The second-order valence-electron chi connectivity index (χ2n) is 7.92. The van der Waals surface area contributed by atoms with E-state index in [1.807, 2.05) is 11.4 Å². The number of halogens is 3. The zero-order valence-electron chi connectivity index (χ0n) is 20.0. The Labute approximate surface area is 220 Å². The number of carbonyl (C=O) groups excluding carboxylic acids is 1. The Morgan fingerprint density at radius 1 is 1.17 bits per heavy atom. The van der Waals surface area contributed by atoms with E-state index in [2.05, 4.69) is 34.1 Å². The summed E-state index contributed by atoms with van der Waals surface area (Å²) in [5, 5.41) is 14.6. The number of hydrogen-bond acceptors (Lipinski definition) is 9. The van der Waals surface area contributed by atoms with E-state index in [0.29, 0.717) is 35.5 Å². The highest BCUT2D eigenvalue weighted by atomic mass is 32.2. The van der Waals surface area contributed by atoms with Crippen LogP contribution in [0.4, 0.5) is 24.0 Å². The van der Waals surface area contributed by atoms with E-state index < -0.39 is 6.36 Å². The van der Waals surface area contributed by atoms with Gasteiger partial charge in [-0.25, -0.2) is 0 Å². The molecule has 1 aromatic carbocycles. The molecule has 0 saturated carbocycles. The Kier molecular flexibility index (Phi) is 10.9. The Morgan fingerprint density at radius 2 is 1.94 bits per heavy atom. The number of thioether (sulfide) groups is 1. The summed E-state index contributed by atoms with van der Waals surface area (Å²) in [6.45, 7) is 4.77. The maximum absolute atomic E-state index is 12.3. The number of aromatic nitrogens is 2. The van der Waals surface area contributed by atoms with E-state index in [4.69, 9.17) is 4.74 Å². The van der Waals surface area contributed by atoms with Crippen LogP contribution in [0.3, 0.4) is 0 Å². The maximum atomic E-state index is 12.3. The first-order valence-corrected chi connectivity index (χ1v) is 14.3. The van der Waals surface area contributed by atoms with Crippen LogP contribution in [0, 0.1) is 5.92 Å². The predicted molar refractivity (Wildman–Crippen MR) is 139 cm³/mol. The number of alkyl halides is 3. The molecule has 3 rings (SSSR count).